The number of benzene rings is 1. The van der Waals surface area contributed by atoms with Crippen molar-refractivity contribution < 1.29 is 14.3 Å². The fraction of sp³-hybridized carbons (Fsp3) is 0.577. The highest BCUT2D eigenvalue weighted by atomic mass is 16.5. The van der Waals surface area contributed by atoms with E-state index in [2.05, 4.69) is 10.3 Å². The second-order valence-electron chi connectivity index (χ2n) is 9.39. The summed E-state index contributed by atoms with van der Waals surface area (Å²) in [5.41, 5.74) is 3.42. The smallest absolute Gasteiger partial charge is 0.222 e. The van der Waals surface area contributed by atoms with E-state index in [4.69, 9.17) is 4.74 Å². The van der Waals surface area contributed by atoms with E-state index in [-0.39, 0.29) is 11.7 Å². The van der Waals surface area contributed by atoms with Gasteiger partial charge < -0.3 is 15.0 Å². The number of nitrogens with one attached hydrogen (secondary N) is 1. The number of anilines is 1. The summed E-state index contributed by atoms with van der Waals surface area (Å²) in [5, 5.41) is 4.16. The van der Waals surface area contributed by atoms with Gasteiger partial charge in [0.15, 0.2) is 5.78 Å². The zero-order valence-corrected chi connectivity index (χ0v) is 19.6. The van der Waals surface area contributed by atoms with Gasteiger partial charge in [0.1, 0.15) is 5.75 Å². The maximum atomic E-state index is 12.8. The van der Waals surface area contributed by atoms with Crippen LogP contribution in [0.3, 0.4) is 0 Å². The number of Topliss-reactive ketones (excluding diaryl/α,β-unsaturated/α-hetero) is 1. The molecule has 1 amide bonds. The van der Waals surface area contributed by atoms with Gasteiger partial charge in [-0.1, -0.05) is 6.92 Å². The summed E-state index contributed by atoms with van der Waals surface area (Å²) in [6.07, 6.45) is 8.14. The highest BCUT2D eigenvalue weighted by Gasteiger charge is 2.27. The number of carbonyl (C=O) groups is 2. The van der Waals surface area contributed by atoms with Crippen molar-refractivity contribution in [1.29, 1.82) is 0 Å². The van der Waals surface area contributed by atoms with Gasteiger partial charge in [-0.05, 0) is 68.6 Å². The van der Waals surface area contributed by atoms with E-state index in [1.807, 2.05) is 37.9 Å². The summed E-state index contributed by atoms with van der Waals surface area (Å²) >= 11 is 0. The Morgan fingerprint density at radius 1 is 1.16 bits per heavy atom. The van der Waals surface area contributed by atoms with Gasteiger partial charge in [0.25, 0.3) is 0 Å². The number of likely N-dealkylation sites (tertiary alicyclic amines) is 1. The second kappa shape index (κ2) is 9.88. The van der Waals surface area contributed by atoms with Gasteiger partial charge >= 0.3 is 0 Å². The molecule has 32 heavy (non-hydrogen) atoms. The number of carbonyl (C=O) groups excluding carboxylic acids is 2. The van der Waals surface area contributed by atoms with Crippen LogP contribution in [0.2, 0.25) is 0 Å². The maximum absolute atomic E-state index is 12.8. The Kier molecular flexibility index (Phi) is 6.97. The molecular weight excluding hydrogens is 402 g/mol. The number of amides is 1. The fourth-order valence-electron chi connectivity index (χ4n) is 4.58. The predicted molar refractivity (Wildman–Crippen MR) is 127 cm³/mol. The zero-order valence-electron chi connectivity index (χ0n) is 19.6. The molecule has 0 unspecified atom stereocenters. The zero-order chi connectivity index (χ0) is 22.7. The van der Waals surface area contributed by atoms with Crippen molar-refractivity contribution in [3.8, 4) is 5.75 Å². The van der Waals surface area contributed by atoms with Gasteiger partial charge in [-0.3, -0.25) is 14.6 Å². The lowest BCUT2D eigenvalue weighted by molar-refractivity contribution is -0.132. The molecule has 0 spiro atoms. The van der Waals surface area contributed by atoms with Gasteiger partial charge in [0.2, 0.25) is 5.91 Å². The SMILES string of the molecule is CCCC(=O)N1CCC(COc2cc3c(NC)c(C(=O)CC4CC4)cnc3cc2C)CC1. The van der Waals surface area contributed by atoms with E-state index in [1.165, 1.54) is 0 Å². The van der Waals surface area contributed by atoms with Crippen molar-refractivity contribution in [1.82, 2.24) is 9.88 Å². The molecular formula is C26H35N3O3. The average Bonchev–Trinajstić information content (AvgIpc) is 3.61. The number of ether oxygens (including phenoxy) is 1. The summed E-state index contributed by atoms with van der Waals surface area (Å²) in [6, 6.07) is 4.06. The fourth-order valence-corrected chi connectivity index (χ4v) is 4.58. The van der Waals surface area contributed by atoms with Crippen LogP contribution in [0.5, 0.6) is 5.75 Å². The summed E-state index contributed by atoms with van der Waals surface area (Å²) in [4.78, 5) is 31.5. The first kappa shape index (κ1) is 22.6. The van der Waals surface area contributed by atoms with Gasteiger partial charge in [-0.15, -0.1) is 0 Å². The van der Waals surface area contributed by atoms with Gasteiger partial charge in [0.05, 0.1) is 23.4 Å². The number of hydrogen-bond acceptors (Lipinski definition) is 5. The van der Waals surface area contributed by atoms with Gasteiger partial charge in [0, 0.05) is 44.6 Å². The minimum Gasteiger partial charge on any atom is -0.493 e. The molecule has 1 saturated carbocycles. The Labute approximate surface area is 190 Å². The largest absolute Gasteiger partial charge is 0.493 e. The maximum Gasteiger partial charge on any atom is 0.222 e. The molecule has 0 radical (unpaired) electrons. The van der Waals surface area contributed by atoms with E-state index in [9.17, 15) is 9.59 Å². The number of aryl methyl sites for hydroxylation is 1. The number of rotatable bonds is 9. The highest BCUT2D eigenvalue weighted by molar-refractivity contribution is 6.08. The lowest BCUT2D eigenvalue weighted by Crippen LogP contribution is -2.39. The van der Waals surface area contributed by atoms with Crippen molar-refractivity contribution in [3.05, 3.63) is 29.5 Å². The summed E-state index contributed by atoms with van der Waals surface area (Å²) in [7, 11) is 1.86. The molecule has 2 aliphatic rings. The monoisotopic (exact) mass is 437 g/mol. The van der Waals surface area contributed by atoms with Crippen LogP contribution in [0, 0.1) is 18.8 Å². The molecule has 0 atom stereocenters. The average molecular weight is 438 g/mol. The Morgan fingerprint density at radius 2 is 1.91 bits per heavy atom. The van der Waals surface area contributed by atoms with Crippen LogP contribution in [0.15, 0.2) is 18.3 Å². The summed E-state index contributed by atoms with van der Waals surface area (Å²) in [5.74, 6) is 2.27. The number of nitrogens with zero attached hydrogens (tertiary/aromatic N) is 2. The van der Waals surface area contributed by atoms with Crippen molar-refractivity contribution in [2.24, 2.45) is 11.8 Å². The molecule has 1 saturated heterocycles. The standard InChI is InChI=1S/C26H35N3O3/c1-4-5-25(31)29-10-8-19(9-11-29)16-32-24-14-20-22(12-17(24)2)28-15-21(26(20)27-3)23(30)13-18-6-7-18/h12,14-15,18-19H,4-11,13,16H2,1-3H3,(H,27,28). The van der Waals surface area contributed by atoms with E-state index < -0.39 is 0 Å². The Morgan fingerprint density at radius 3 is 2.56 bits per heavy atom. The molecule has 1 aliphatic heterocycles. The topological polar surface area (TPSA) is 71.5 Å². The van der Waals surface area contributed by atoms with E-state index in [1.54, 1.807) is 6.20 Å². The molecule has 1 aliphatic carbocycles. The van der Waals surface area contributed by atoms with E-state index in [0.717, 1.165) is 73.1 Å². The first-order chi connectivity index (χ1) is 15.5. The van der Waals surface area contributed by atoms with E-state index >= 15 is 0 Å². The summed E-state index contributed by atoms with van der Waals surface area (Å²) < 4.78 is 6.26. The van der Waals surface area contributed by atoms with Crippen LogP contribution in [0.1, 0.15) is 67.8 Å². The molecule has 2 fully saturated rings. The van der Waals surface area contributed by atoms with Gasteiger partial charge in [-0.2, -0.15) is 0 Å². The third kappa shape index (κ3) is 5.05. The number of fused-ring (bicyclic) bond motifs is 1. The molecule has 6 heteroatoms. The first-order valence-corrected chi connectivity index (χ1v) is 12.0. The lowest BCUT2D eigenvalue weighted by Gasteiger charge is -2.32. The van der Waals surface area contributed by atoms with Crippen molar-refractivity contribution in [2.45, 2.75) is 58.8 Å². The van der Waals surface area contributed by atoms with Crippen LogP contribution in [0.4, 0.5) is 5.69 Å². The third-order valence-electron chi connectivity index (χ3n) is 6.79. The Bertz CT molecular complexity index is 991. The normalized spacial score (nSPS) is 16.9. The van der Waals surface area contributed by atoms with Crippen LogP contribution in [-0.2, 0) is 4.79 Å². The predicted octanol–water partition coefficient (Wildman–Crippen LogP) is 4.99. The number of aromatic nitrogens is 1. The molecule has 1 N–H and O–H groups in total. The van der Waals surface area contributed by atoms with Crippen LogP contribution >= 0.6 is 0 Å². The number of pyridine rings is 1. The van der Waals surface area contributed by atoms with E-state index in [0.29, 0.717) is 36.8 Å². The lowest BCUT2D eigenvalue weighted by atomic mass is 9.97. The number of piperidine rings is 1. The molecule has 6 nitrogen and oxygen atoms in total. The Hall–Kier alpha value is -2.63. The first-order valence-electron chi connectivity index (χ1n) is 12.0. The minimum absolute atomic E-state index is 0.165. The molecule has 4 rings (SSSR count). The number of ketones is 1. The van der Waals surface area contributed by atoms with Crippen molar-refractivity contribution in [3.63, 3.8) is 0 Å². The molecule has 2 aromatic rings. The van der Waals surface area contributed by atoms with Crippen molar-refractivity contribution in [2.75, 3.05) is 32.1 Å². The molecule has 1 aromatic heterocycles. The third-order valence-corrected chi connectivity index (χ3v) is 6.79. The van der Waals surface area contributed by atoms with Crippen molar-refractivity contribution >= 4 is 28.3 Å². The molecule has 172 valence electrons. The quantitative estimate of drug-likeness (QED) is 0.560. The molecule has 2 heterocycles. The highest BCUT2D eigenvalue weighted by Crippen LogP contribution is 2.37. The Balaban J connectivity index is 1.46. The van der Waals surface area contributed by atoms with Crippen LogP contribution in [0.25, 0.3) is 10.9 Å². The van der Waals surface area contributed by atoms with Gasteiger partial charge in [-0.25, -0.2) is 0 Å². The minimum atomic E-state index is 0.165. The number of hydrogen-bond donors (Lipinski definition) is 1. The van der Waals surface area contributed by atoms with Crippen LogP contribution in [-0.4, -0.2) is 48.3 Å². The van der Waals surface area contributed by atoms with Crippen LogP contribution < -0.4 is 10.1 Å². The molecule has 0 bridgehead atoms. The second-order valence-corrected chi connectivity index (χ2v) is 9.39. The molecule has 1 aromatic carbocycles. The summed E-state index contributed by atoms with van der Waals surface area (Å²) in [6.45, 7) is 6.37.